The number of aryl methyl sites for hydroxylation is 2. The Hall–Kier alpha value is -1.96. The van der Waals surface area contributed by atoms with E-state index in [-0.39, 0.29) is 23.5 Å². The average Bonchev–Trinajstić information content (AvgIpc) is 3.03. The maximum atomic E-state index is 12.8. The summed E-state index contributed by atoms with van der Waals surface area (Å²) in [4.78, 5) is 18.8. The van der Waals surface area contributed by atoms with Gasteiger partial charge in [0.15, 0.2) is 21.2 Å². The van der Waals surface area contributed by atoms with E-state index in [0.29, 0.717) is 24.3 Å². The van der Waals surface area contributed by atoms with Crippen LogP contribution in [-0.4, -0.2) is 57.9 Å². The fourth-order valence-corrected chi connectivity index (χ4v) is 4.86. The highest BCUT2D eigenvalue weighted by molar-refractivity contribution is 7.91. The largest absolute Gasteiger partial charge is 0.333 e. The molecule has 1 fully saturated rings. The first kappa shape index (κ1) is 15.9. The second-order valence-corrected chi connectivity index (χ2v) is 8.22. The van der Waals surface area contributed by atoms with Gasteiger partial charge in [-0.05, 0) is 33.3 Å². The van der Waals surface area contributed by atoms with E-state index in [1.165, 1.54) is 0 Å². The average molecular weight is 336 g/mol. The lowest BCUT2D eigenvalue weighted by Crippen LogP contribution is -2.41. The van der Waals surface area contributed by atoms with Crippen molar-refractivity contribution >= 4 is 21.4 Å². The van der Waals surface area contributed by atoms with Crippen LogP contribution in [0.15, 0.2) is 12.1 Å². The van der Waals surface area contributed by atoms with Crippen LogP contribution in [0.5, 0.6) is 0 Å². The lowest BCUT2D eigenvalue weighted by Gasteiger charge is -2.25. The molecule has 0 unspecified atom stereocenters. The maximum absolute atomic E-state index is 12.8. The first-order chi connectivity index (χ1) is 10.8. The first-order valence-electron chi connectivity index (χ1n) is 7.66. The summed E-state index contributed by atoms with van der Waals surface area (Å²) in [5, 5.41) is 4.34. The highest BCUT2D eigenvalue weighted by Crippen LogP contribution is 2.20. The van der Waals surface area contributed by atoms with Gasteiger partial charge in [0.25, 0.3) is 5.91 Å². The summed E-state index contributed by atoms with van der Waals surface area (Å²) >= 11 is 0. The Kier molecular flexibility index (Phi) is 3.87. The fraction of sp³-hybridized carbons (Fsp3) is 0.533. The van der Waals surface area contributed by atoms with Crippen molar-refractivity contribution in [1.29, 1.82) is 0 Å². The molecule has 1 amide bonds. The third-order valence-corrected chi connectivity index (χ3v) is 5.95. The Balaban J connectivity index is 1.94. The van der Waals surface area contributed by atoms with E-state index in [4.69, 9.17) is 0 Å². The monoisotopic (exact) mass is 336 g/mol. The van der Waals surface area contributed by atoms with Gasteiger partial charge in [-0.25, -0.2) is 17.9 Å². The summed E-state index contributed by atoms with van der Waals surface area (Å²) in [7, 11) is -3.04. The molecule has 8 heteroatoms. The van der Waals surface area contributed by atoms with Gasteiger partial charge in [0.05, 0.1) is 11.5 Å². The van der Waals surface area contributed by atoms with E-state index < -0.39 is 9.84 Å². The van der Waals surface area contributed by atoms with Gasteiger partial charge < -0.3 is 4.90 Å². The van der Waals surface area contributed by atoms with E-state index in [1.807, 2.05) is 26.8 Å². The number of amides is 1. The third-order valence-electron chi connectivity index (χ3n) is 4.20. The summed E-state index contributed by atoms with van der Waals surface area (Å²) < 4.78 is 25.0. The van der Waals surface area contributed by atoms with Crippen LogP contribution in [0.1, 0.15) is 35.2 Å². The molecule has 0 radical (unpaired) electrons. The zero-order chi connectivity index (χ0) is 16.8. The molecule has 0 bridgehead atoms. The van der Waals surface area contributed by atoms with Crippen LogP contribution in [0.3, 0.4) is 0 Å². The van der Waals surface area contributed by atoms with Gasteiger partial charge in [0.1, 0.15) is 0 Å². The maximum Gasteiger partial charge on any atom is 0.274 e. The van der Waals surface area contributed by atoms with Crippen molar-refractivity contribution in [3.05, 3.63) is 29.2 Å². The van der Waals surface area contributed by atoms with Gasteiger partial charge in [0, 0.05) is 30.0 Å². The Morgan fingerprint density at radius 1 is 1.39 bits per heavy atom. The Bertz CT molecular complexity index is 872. The van der Waals surface area contributed by atoms with Crippen LogP contribution < -0.4 is 0 Å². The van der Waals surface area contributed by atoms with Gasteiger partial charge in [-0.1, -0.05) is 0 Å². The van der Waals surface area contributed by atoms with Crippen LogP contribution in [0.2, 0.25) is 0 Å². The van der Waals surface area contributed by atoms with Crippen molar-refractivity contribution in [3.8, 4) is 0 Å². The summed E-state index contributed by atoms with van der Waals surface area (Å²) in [5.74, 6) is -0.0554. The molecule has 7 nitrogen and oxygen atoms in total. The predicted octanol–water partition coefficient (Wildman–Crippen LogP) is 0.995. The molecule has 124 valence electrons. The molecule has 1 atom stereocenters. The summed E-state index contributed by atoms with van der Waals surface area (Å²) in [6.07, 6.45) is 0.492. The van der Waals surface area contributed by atoms with E-state index in [2.05, 4.69) is 10.1 Å². The number of sulfone groups is 1. The fourth-order valence-electron chi connectivity index (χ4n) is 3.13. The zero-order valence-corrected chi connectivity index (χ0v) is 14.3. The topological polar surface area (TPSA) is 84.6 Å². The number of fused-ring (bicyclic) bond motifs is 1. The Morgan fingerprint density at radius 2 is 2.13 bits per heavy atom. The number of hydrogen-bond acceptors (Lipinski definition) is 5. The van der Waals surface area contributed by atoms with Crippen molar-refractivity contribution in [1.82, 2.24) is 19.5 Å². The molecule has 1 saturated heterocycles. The first-order valence-corrected chi connectivity index (χ1v) is 9.48. The molecular weight excluding hydrogens is 316 g/mol. The van der Waals surface area contributed by atoms with Crippen molar-refractivity contribution < 1.29 is 13.2 Å². The Labute approximate surface area is 135 Å². The smallest absolute Gasteiger partial charge is 0.274 e. The molecule has 0 N–H and O–H groups in total. The molecule has 2 aromatic rings. The van der Waals surface area contributed by atoms with Crippen molar-refractivity contribution in [2.75, 3.05) is 18.1 Å². The molecule has 2 aromatic heterocycles. The molecule has 1 aliphatic rings. The second kappa shape index (κ2) is 5.59. The van der Waals surface area contributed by atoms with Gasteiger partial charge in [-0.3, -0.25) is 4.79 Å². The molecule has 0 spiro atoms. The normalized spacial score (nSPS) is 20.0. The quantitative estimate of drug-likeness (QED) is 0.835. The molecule has 3 heterocycles. The minimum atomic E-state index is -3.04. The van der Waals surface area contributed by atoms with Crippen LogP contribution in [0, 0.1) is 13.8 Å². The van der Waals surface area contributed by atoms with E-state index in [1.54, 1.807) is 15.5 Å². The number of rotatable bonds is 3. The summed E-state index contributed by atoms with van der Waals surface area (Å²) in [5.41, 5.74) is 2.69. The van der Waals surface area contributed by atoms with Gasteiger partial charge in [-0.15, -0.1) is 0 Å². The van der Waals surface area contributed by atoms with Gasteiger partial charge in [-0.2, -0.15) is 5.10 Å². The molecule has 1 aliphatic heterocycles. The van der Waals surface area contributed by atoms with Crippen molar-refractivity contribution in [2.24, 2.45) is 0 Å². The SMILES string of the molecule is CCN(C(=O)c1cc2nc(C)cc(C)n2n1)[C@@H]1CCS(=O)(=O)C1. The molecular formula is C15H20N4O3S. The van der Waals surface area contributed by atoms with Crippen molar-refractivity contribution in [2.45, 2.75) is 33.2 Å². The number of aromatic nitrogens is 3. The van der Waals surface area contributed by atoms with E-state index in [9.17, 15) is 13.2 Å². The van der Waals surface area contributed by atoms with E-state index in [0.717, 1.165) is 11.4 Å². The van der Waals surface area contributed by atoms with Crippen LogP contribution >= 0.6 is 0 Å². The van der Waals surface area contributed by atoms with E-state index >= 15 is 0 Å². The summed E-state index contributed by atoms with van der Waals surface area (Å²) in [6.45, 7) is 6.11. The number of carbonyl (C=O) groups is 1. The summed E-state index contributed by atoms with van der Waals surface area (Å²) in [6, 6.07) is 3.29. The molecule has 0 saturated carbocycles. The van der Waals surface area contributed by atoms with Crippen LogP contribution in [-0.2, 0) is 9.84 Å². The minimum absolute atomic E-state index is 0.0380. The minimum Gasteiger partial charge on any atom is -0.333 e. The zero-order valence-electron chi connectivity index (χ0n) is 13.5. The van der Waals surface area contributed by atoms with Crippen LogP contribution in [0.4, 0.5) is 0 Å². The lowest BCUT2D eigenvalue weighted by atomic mass is 10.2. The number of nitrogens with zero attached hydrogens (tertiary/aromatic N) is 4. The third kappa shape index (κ3) is 2.95. The lowest BCUT2D eigenvalue weighted by molar-refractivity contribution is 0.0702. The van der Waals surface area contributed by atoms with Gasteiger partial charge >= 0.3 is 0 Å². The predicted molar refractivity (Wildman–Crippen MR) is 86.2 cm³/mol. The van der Waals surface area contributed by atoms with Gasteiger partial charge in [0.2, 0.25) is 0 Å². The highest BCUT2D eigenvalue weighted by atomic mass is 32.2. The van der Waals surface area contributed by atoms with Crippen molar-refractivity contribution in [3.63, 3.8) is 0 Å². The second-order valence-electron chi connectivity index (χ2n) is 5.99. The molecule has 0 aromatic carbocycles. The molecule has 0 aliphatic carbocycles. The van der Waals surface area contributed by atoms with Crippen LogP contribution in [0.25, 0.3) is 5.65 Å². The number of carbonyl (C=O) groups excluding carboxylic acids is 1. The standard InChI is InChI=1S/C15H20N4O3S/c1-4-18(12-5-6-23(21,22)9-12)15(20)13-8-14-16-10(2)7-11(3)19(14)17-13/h7-8,12H,4-6,9H2,1-3H3/t12-/m1/s1. The number of hydrogen-bond donors (Lipinski definition) is 0. The molecule has 23 heavy (non-hydrogen) atoms. The highest BCUT2D eigenvalue weighted by Gasteiger charge is 2.35. The Morgan fingerprint density at radius 3 is 2.74 bits per heavy atom. The molecule has 3 rings (SSSR count).